The average Bonchev–Trinajstić information content (AvgIpc) is 2.73. The maximum absolute atomic E-state index is 12.7. The Balaban J connectivity index is 1.63. The van der Waals surface area contributed by atoms with Crippen LogP contribution in [0.5, 0.6) is 0 Å². The molecule has 5 heteroatoms. The third kappa shape index (κ3) is 6.17. The summed E-state index contributed by atoms with van der Waals surface area (Å²) in [6.45, 7) is 10.2. The van der Waals surface area contributed by atoms with Crippen molar-refractivity contribution in [1.29, 1.82) is 0 Å². The molecule has 2 aromatic carbocycles. The van der Waals surface area contributed by atoms with Crippen molar-refractivity contribution < 1.29 is 9.59 Å². The van der Waals surface area contributed by atoms with Gasteiger partial charge in [0, 0.05) is 25.2 Å². The number of carbonyl (C=O) groups is 2. The molecule has 0 spiro atoms. The van der Waals surface area contributed by atoms with Crippen LogP contribution in [0.15, 0.2) is 48.5 Å². The van der Waals surface area contributed by atoms with E-state index in [0.29, 0.717) is 29.3 Å². The number of hydrogen-bond acceptors (Lipinski definition) is 3. The molecular weight excluding hydrogens is 374 g/mol. The zero-order valence-corrected chi connectivity index (χ0v) is 18.3. The molecule has 0 aliphatic carbocycles. The van der Waals surface area contributed by atoms with E-state index in [9.17, 15) is 9.59 Å². The van der Waals surface area contributed by atoms with Crippen molar-refractivity contribution in [2.24, 2.45) is 11.8 Å². The fourth-order valence-corrected chi connectivity index (χ4v) is 3.83. The number of likely N-dealkylation sites (tertiary alicyclic amines) is 1. The van der Waals surface area contributed by atoms with Crippen LogP contribution in [0.3, 0.4) is 0 Å². The Labute approximate surface area is 179 Å². The molecule has 1 aliphatic heterocycles. The predicted molar refractivity (Wildman–Crippen MR) is 122 cm³/mol. The van der Waals surface area contributed by atoms with Crippen LogP contribution in [0.2, 0.25) is 0 Å². The number of piperidine rings is 1. The molecule has 0 radical (unpaired) electrons. The van der Waals surface area contributed by atoms with Gasteiger partial charge in [-0.05, 0) is 61.1 Å². The van der Waals surface area contributed by atoms with Crippen molar-refractivity contribution in [2.45, 2.75) is 40.2 Å². The van der Waals surface area contributed by atoms with Gasteiger partial charge in [-0.25, -0.2) is 0 Å². The number of anilines is 1. The molecule has 3 rings (SSSR count). The summed E-state index contributed by atoms with van der Waals surface area (Å²) < 4.78 is 0. The summed E-state index contributed by atoms with van der Waals surface area (Å²) in [5, 5.41) is 5.80. The summed E-state index contributed by atoms with van der Waals surface area (Å²) in [4.78, 5) is 27.7. The molecule has 1 atom stereocenters. The van der Waals surface area contributed by atoms with E-state index in [1.165, 1.54) is 18.4 Å². The summed E-state index contributed by atoms with van der Waals surface area (Å²) in [5.41, 5.74) is 2.80. The van der Waals surface area contributed by atoms with Gasteiger partial charge in [-0.3, -0.25) is 14.5 Å². The minimum atomic E-state index is -0.211. The van der Waals surface area contributed by atoms with E-state index in [1.54, 1.807) is 18.2 Å². The molecule has 1 aliphatic rings. The molecule has 0 bridgehead atoms. The lowest BCUT2D eigenvalue weighted by Gasteiger charge is -2.30. The van der Waals surface area contributed by atoms with Crippen LogP contribution in [-0.2, 0) is 6.54 Å². The first-order valence-corrected chi connectivity index (χ1v) is 10.9. The van der Waals surface area contributed by atoms with Crippen molar-refractivity contribution in [2.75, 3.05) is 25.0 Å². The molecule has 2 N–H and O–H groups in total. The largest absolute Gasteiger partial charge is 0.352 e. The monoisotopic (exact) mass is 407 g/mol. The summed E-state index contributed by atoms with van der Waals surface area (Å²) in [5.74, 6) is 0.729. The SMILES string of the molecule is CC(C)CNC(=O)c1ccccc1NC(=O)c1ccc(CN2CCCC(C)C2)cc1. The van der Waals surface area contributed by atoms with Gasteiger partial charge in [0.05, 0.1) is 11.3 Å². The Morgan fingerprint density at radius 1 is 1.07 bits per heavy atom. The van der Waals surface area contributed by atoms with Gasteiger partial charge in [-0.15, -0.1) is 0 Å². The van der Waals surface area contributed by atoms with Crippen LogP contribution in [0, 0.1) is 11.8 Å². The number of amides is 2. The predicted octanol–water partition coefficient (Wildman–Crippen LogP) is 4.56. The van der Waals surface area contributed by atoms with Gasteiger partial charge >= 0.3 is 0 Å². The third-order valence-corrected chi connectivity index (χ3v) is 5.45. The van der Waals surface area contributed by atoms with E-state index in [0.717, 1.165) is 25.6 Å². The quantitative estimate of drug-likeness (QED) is 0.707. The second kappa shape index (κ2) is 10.4. The molecule has 2 aromatic rings. The maximum atomic E-state index is 12.7. The van der Waals surface area contributed by atoms with Crippen molar-refractivity contribution >= 4 is 17.5 Å². The Morgan fingerprint density at radius 3 is 2.50 bits per heavy atom. The highest BCUT2D eigenvalue weighted by Gasteiger charge is 2.17. The standard InChI is InChI=1S/C25H33N3O2/c1-18(2)15-26-25(30)22-8-4-5-9-23(22)27-24(29)21-12-10-20(11-13-21)17-28-14-6-7-19(3)16-28/h4-5,8-13,18-19H,6-7,14-17H2,1-3H3,(H,26,30)(H,27,29). The second-order valence-electron chi connectivity index (χ2n) is 8.78. The van der Waals surface area contributed by atoms with Crippen LogP contribution >= 0.6 is 0 Å². The van der Waals surface area contributed by atoms with E-state index in [1.807, 2.05) is 44.2 Å². The normalized spacial score (nSPS) is 17.0. The molecule has 1 unspecified atom stereocenters. The number of hydrogen-bond donors (Lipinski definition) is 2. The van der Waals surface area contributed by atoms with Crippen LogP contribution in [0.4, 0.5) is 5.69 Å². The van der Waals surface area contributed by atoms with Gasteiger partial charge in [0.2, 0.25) is 0 Å². The fraction of sp³-hybridized carbons (Fsp3) is 0.440. The minimum Gasteiger partial charge on any atom is -0.352 e. The average molecular weight is 408 g/mol. The Kier molecular flexibility index (Phi) is 7.63. The summed E-state index contributed by atoms with van der Waals surface area (Å²) in [6.07, 6.45) is 2.57. The first kappa shape index (κ1) is 22.0. The second-order valence-corrected chi connectivity index (χ2v) is 8.78. The fourth-order valence-electron chi connectivity index (χ4n) is 3.83. The van der Waals surface area contributed by atoms with E-state index in [2.05, 4.69) is 22.5 Å². The number of nitrogens with one attached hydrogen (secondary N) is 2. The molecule has 30 heavy (non-hydrogen) atoms. The third-order valence-electron chi connectivity index (χ3n) is 5.45. The zero-order valence-electron chi connectivity index (χ0n) is 18.3. The van der Waals surface area contributed by atoms with Crippen molar-refractivity contribution in [3.8, 4) is 0 Å². The molecule has 0 aromatic heterocycles. The topological polar surface area (TPSA) is 61.4 Å². The molecule has 1 fully saturated rings. The molecule has 2 amide bonds. The Hall–Kier alpha value is -2.66. The molecule has 160 valence electrons. The summed E-state index contributed by atoms with van der Waals surface area (Å²) in [6, 6.07) is 14.9. The lowest BCUT2D eigenvalue weighted by molar-refractivity contribution is 0.0950. The first-order valence-electron chi connectivity index (χ1n) is 10.9. The maximum Gasteiger partial charge on any atom is 0.255 e. The summed E-state index contributed by atoms with van der Waals surface area (Å²) in [7, 11) is 0. The highest BCUT2D eigenvalue weighted by atomic mass is 16.2. The minimum absolute atomic E-state index is 0.175. The molecule has 1 saturated heterocycles. The van der Waals surface area contributed by atoms with Crippen LogP contribution in [0.25, 0.3) is 0 Å². The molecule has 1 heterocycles. The van der Waals surface area contributed by atoms with Gasteiger partial charge in [0.25, 0.3) is 11.8 Å². The first-order chi connectivity index (χ1) is 14.4. The van der Waals surface area contributed by atoms with Crippen molar-refractivity contribution in [1.82, 2.24) is 10.2 Å². The number of rotatable bonds is 7. The number of nitrogens with zero attached hydrogens (tertiary/aromatic N) is 1. The molecule has 5 nitrogen and oxygen atoms in total. The lowest BCUT2D eigenvalue weighted by Crippen LogP contribution is -2.33. The van der Waals surface area contributed by atoms with E-state index in [-0.39, 0.29) is 11.8 Å². The number of para-hydroxylation sites is 1. The van der Waals surface area contributed by atoms with Crippen LogP contribution in [-0.4, -0.2) is 36.3 Å². The van der Waals surface area contributed by atoms with Crippen LogP contribution in [0.1, 0.15) is 59.9 Å². The highest BCUT2D eigenvalue weighted by Crippen LogP contribution is 2.19. The van der Waals surface area contributed by atoms with Gasteiger partial charge in [-0.1, -0.05) is 45.0 Å². The molecular formula is C25H33N3O2. The Morgan fingerprint density at radius 2 is 1.80 bits per heavy atom. The lowest BCUT2D eigenvalue weighted by atomic mass is 9.99. The molecule has 0 saturated carbocycles. The number of benzene rings is 2. The van der Waals surface area contributed by atoms with Crippen molar-refractivity contribution in [3.05, 3.63) is 65.2 Å². The van der Waals surface area contributed by atoms with Gasteiger partial charge < -0.3 is 10.6 Å². The highest BCUT2D eigenvalue weighted by molar-refractivity contribution is 6.09. The van der Waals surface area contributed by atoms with E-state index in [4.69, 9.17) is 0 Å². The zero-order chi connectivity index (χ0) is 21.5. The number of carbonyl (C=O) groups excluding carboxylic acids is 2. The van der Waals surface area contributed by atoms with Gasteiger partial charge in [0.15, 0.2) is 0 Å². The van der Waals surface area contributed by atoms with Gasteiger partial charge in [-0.2, -0.15) is 0 Å². The van der Waals surface area contributed by atoms with E-state index < -0.39 is 0 Å². The smallest absolute Gasteiger partial charge is 0.255 e. The summed E-state index contributed by atoms with van der Waals surface area (Å²) >= 11 is 0. The van der Waals surface area contributed by atoms with Crippen molar-refractivity contribution in [3.63, 3.8) is 0 Å². The van der Waals surface area contributed by atoms with Gasteiger partial charge in [0.1, 0.15) is 0 Å². The van der Waals surface area contributed by atoms with E-state index >= 15 is 0 Å². The Bertz CT molecular complexity index is 861. The van der Waals surface area contributed by atoms with Crippen LogP contribution < -0.4 is 10.6 Å².